The summed E-state index contributed by atoms with van der Waals surface area (Å²) in [6, 6.07) is 17.0. The van der Waals surface area contributed by atoms with Crippen molar-refractivity contribution < 1.29 is 9.53 Å². The Bertz CT molecular complexity index is 1040. The van der Waals surface area contributed by atoms with E-state index in [1.165, 1.54) is 6.33 Å². The van der Waals surface area contributed by atoms with Gasteiger partial charge >= 0.3 is 0 Å². The third-order valence-electron chi connectivity index (χ3n) is 5.61. The SMILES string of the molecule is COc1ccccc1-c1cc(Nc2ccc(C(=O)NC3CCCCC3N)cc2)ncn1. The van der Waals surface area contributed by atoms with Crippen LogP contribution in [0.5, 0.6) is 5.75 Å². The van der Waals surface area contributed by atoms with Crippen molar-refractivity contribution >= 4 is 17.4 Å². The minimum Gasteiger partial charge on any atom is -0.496 e. The fourth-order valence-corrected chi connectivity index (χ4v) is 3.87. The van der Waals surface area contributed by atoms with Crippen molar-refractivity contribution in [1.82, 2.24) is 15.3 Å². The number of nitrogens with zero attached hydrogens (tertiary/aromatic N) is 2. The molecule has 0 saturated heterocycles. The highest BCUT2D eigenvalue weighted by Crippen LogP contribution is 2.29. The molecule has 2 aromatic carbocycles. The van der Waals surface area contributed by atoms with Gasteiger partial charge in [-0.2, -0.15) is 0 Å². The highest BCUT2D eigenvalue weighted by atomic mass is 16.5. The lowest BCUT2D eigenvalue weighted by molar-refractivity contribution is 0.0921. The number of hydrogen-bond acceptors (Lipinski definition) is 6. The molecule has 31 heavy (non-hydrogen) atoms. The van der Waals surface area contributed by atoms with Crippen LogP contribution < -0.4 is 21.1 Å². The quantitative estimate of drug-likeness (QED) is 0.562. The minimum absolute atomic E-state index is 0.0360. The fourth-order valence-electron chi connectivity index (χ4n) is 3.87. The van der Waals surface area contributed by atoms with Gasteiger partial charge in [0.15, 0.2) is 0 Å². The van der Waals surface area contributed by atoms with Crippen molar-refractivity contribution in [2.75, 3.05) is 12.4 Å². The van der Waals surface area contributed by atoms with Gasteiger partial charge in [0.05, 0.1) is 12.8 Å². The first-order valence-electron chi connectivity index (χ1n) is 10.5. The van der Waals surface area contributed by atoms with Crippen LogP contribution in [0.4, 0.5) is 11.5 Å². The average Bonchev–Trinajstić information content (AvgIpc) is 2.81. The van der Waals surface area contributed by atoms with Gasteiger partial charge in [0.25, 0.3) is 5.91 Å². The molecule has 1 saturated carbocycles. The summed E-state index contributed by atoms with van der Waals surface area (Å²) < 4.78 is 5.43. The van der Waals surface area contributed by atoms with Gasteiger partial charge in [-0.3, -0.25) is 4.79 Å². The number of nitrogens with one attached hydrogen (secondary N) is 2. The molecule has 7 nitrogen and oxygen atoms in total. The van der Waals surface area contributed by atoms with Crippen LogP contribution in [0.2, 0.25) is 0 Å². The molecule has 4 N–H and O–H groups in total. The molecule has 0 bridgehead atoms. The van der Waals surface area contributed by atoms with E-state index in [4.69, 9.17) is 10.5 Å². The lowest BCUT2D eigenvalue weighted by atomic mass is 9.91. The maximum Gasteiger partial charge on any atom is 0.251 e. The molecule has 2 atom stereocenters. The Balaban J connectivity index is 1.44. The summed E-state index contributed by atoms with van der Waals surface area (Å²) >= 11 is 0. The zero-order valence-corrected chi connectivity index (χ0v) is 17.5. The molecule has 0 radical (unpaired) electrons. The summed E-state index contributed by atoms with van der Waals surface area (Å²) in [4.78, 5) is 21.2. The Morgan fingerprint density at radius 2 is 1.84 bits per heavy atom. The standard InChI is InChI=1S/C24H27N5O2/c1-31-22-9-5-2-6-18(22)21-14-23(27-15-26-21)28-17-12-10-16(11-13-17)24(30)29-20-8-4-3-7-19(20)25/h2,5-6,9-15,19-20H,3-4,7-8,25H2,1H3,(H,29,30)(H,26,27,28). The van der Waals surface area contributed by atoms with Crippen molar-refractivity contribution in [2.24, 2.45) is 5.73 Å². The van der Waals surface area contributed by atoms with Crippen molar-refractivity contribution in [2.45, 2.75) is 37.8 Å². The van der Waals surface area contributed by atoms with Crippen LogP contribution in [0.1, 0.15) is 36.0 Å². The molecule has 3 aromatic rings. The molecular formula is C24H27N5O2. The van der Waals surface area contributed by atoms with Gasteiger partial charge in [0, 0.05) is 35.0 Å². The monoisotopic (exact) mass is 417 g/mol. The highest BCUT2D eigenvalue weighted by Gasteiger charge is 2.23. The number of anilines is 2. The van der Waals surface area contributed by atoms with E-state index in [0.29, 0.717) is 11.4 Å². The number of carbonyl (C=O) groups excluding carboxylic acids is 1. The van der Waals surface area contributed by atoms with Crippen LogP contribution in [0.3, 0.4) is 0 Å². The lowest BCUT2D eigenvalue weighted by Gasteiger charge is -2.29. The highest BCUT2D eigenvalue weighted by molar-refractivity contribution is 5.94. The summed E-state index contributed by atoms with van der Waals surface area (Å²) in [7, 11) is 1.64. The second kappa shape index (κ2) is 9.57. The number of nitrogens with two attached hydrogens (primary N) is 1. The van der Waals surface area contributed by atoms with Gasteiger partial charge in [0.1, 0.15) is 17.9 Å². The van der Waals surface area contributed by atoms with Crippen molar-refractivity contribution in [3.8, 4) is 17.0 Å². The number of carbonyl (C=O) groups is 1. The number of aromatic nitrogens is 2. The molecule has 1 aliphatic rings. The largest absolute Gasteiger partial charge is 0.496 e. The van der Waals surface area contributed by atoms with Crippen molar-refractivity contribution in [3.05, 3.63) is 66.5 Å². The van der Waals surface area contributed by atoms with Crippen LogP contribution in [0, 0.1) is 0 Å². The van der Waals surface area contributed by atoms with Gasteiger partial charge in [0.2, 0.25) is 0 Å². The summed E-state index contributed by atoms with van der Waals surface area (Å²) in [5, 5.41) is 6.34. The third-order valence-corrected chi connectivity index (χ3v) is 5.61. The number of rotatable bonds is 6. The van der Waals surface area contributed by atoms with Gasteiger partial charge < -0.3 is 21.1 Å². The second-order valence-electron chi connectivity index (χ2n) is 7.72. The molecule has 1 fully saturated rings. The van der Waals surface area contributed by atoms with Gasteiger partial charge in [-0.25, -0.2) is 9.97 Å². The maximum atomic E-state index is 12.6. The molecule has 2 unspecified atom stereocenters. The van der Waals surface area contributed by atoms with Crippen LogP contribution in [-0.4, -0.2) is 35.1 Å². The van der Waals surface area contributed by atoms with E-state index in [1.807, 2.05) is 42.5 Å². The number of methoxy groups -OCH3 is 1. The summed E-state index contributed by atoms with van der Waals surface area (Å²) in [6.07, 6.45) is 5.66. The van der Waals surface area contributed by atoms with E-state index in [9.17, 15) is 4.79 Å². The second-order valence-corrected chi connectivity index (χ2v) is 7.72. The topological polar surface area (TPSA) is 102 Å². The molecule has 1 heterocycles. The van der Waals surface area contributed by atoms with E-state index >= 15 is 0 Å². The molecule has 1 aromatic heterocycles. The Kier molecular flexibility index (Phi) is 6.43. The first-order valence-corrected chi connectivity index (χ1v) is 10.5. The fraction of sp³-hybridized carbons (Fsp3) is 0.292. The summed E-state index contributed by atoms with van der Waals surface area (Å²) in [6.45, 7) is 0. The predicted octanol–water partition coefficient (Wildman–Crippen LogP) is 3.90. The average molecular weight is 418 g/mol. The number of benzene rings is 2. The van der Waals surface area contributed by atoms with Gasteiger partial charge in [-0.1, -0.05) is 25.0 Å². The van der Waals surface area contributed by atoms with Crippen LogP contribution in [0.15, 0.2) is 60.9 Å². The molecule has 160 valence electrons. The summed E-state index contributed by atoms with van der Waals surface area (Å²) in [5.74, 6) is 1.32. The first-order chi connectivity index (χ1) is 15.1. The Morgan fingerprint density at radius 1 is 1.06 bits per heavy atom. The Labute approximate surface area is 182 Å². The normalized spacial score (nSPS) is 18.3. The Morgan fingerprint density at radius 3 is 2.61 bits per heavy atom. The van der Waals surface area contributed by atoms with E-state index in [1.54, 1.807) is 19.2 Å². The molecule has 7 heteroatoms. The smallest absolute Gasteiger partial charge is 0.251 e. The molecule has 0 aliphatic heterocycles. The van der Waals surface area contributed by atoms with Gasteiger partial charge in [-0.15, -0.1) is 0 Å². The molecule has 1 aliphatic carbocycles. The van der Waals surface area contributed by atoms with E-state index in [-0.39, 0.29) is 18.0 Å². The first kappa shape index (κ1) is 20.8. The minimum atomic E-state index is -0.0885. The number of ether oxygens (including phenoxy) is 1. The number of para-hydroxylation sites is 1. The van der Waals surface area contributed by atoms with E-state index < -0.39 is 0 Å². The van der Waals surface area contributed by atoms with E-state index in [0.717, 1.165) is 48.4 Å². The van der Waals surface area contributed by atoms with Crippen LogP contribution in [-0.2, 0) is 0 Å². The van der Waals surface area contributed by atoms with Crippen molar-refractivity contribution in [3.63, 3.8) is 0 Å². The van der Waals surface area contributed by atoms with Crippen LogP contribution >= 0.6 is 0 Å². The Hall–Kier alpha value is -3.45. The zero-order valence-electron chi connectivity index (χ0n) is 17.5. The molecule has 4 rings (SSSR count). The molecule has 0 spiro atoms. The molecule has 1 amide bonds. The molecular weight excluding hydrogens is 390 g/mol. The number of hydrogen-bond donors (Lipinski definition) is 3. The van der Waals surface area contributed by atoms with Gasteiger partial charge in [-0.05, 0) is 49.2 Å². The van der Waals surface area contributed by atoms with Crippen LogP contribution in [0.25, 0.3) is 11.3 Å². The number of amides is 1. The zero-order chi connectivity index (χ0) is 21.6. The predicted molar refractivity (Wildman–Crippen MR) is 121 cm³/mol. The summed E-state index contributed by atoms with van der Waals surface area (Å²) in [5.41, 5.74) is 9.24. The lowest BCUT2D eigenvalue weighted by Crippen LogP contribution is -2.49. The maximum absolute atomic E-state index is 12.6. The van der Waals surface area contributed by atoms with E-state index in [2.05, 4.69) is 20.6 Å². The van der Waals surface area contributed by atoms with Crippen molar-refractivity contribution in [1.29, 1.82) is 0 Å². The third kappa shape index (κ3) is 5.00.